The molecule has 0 aromatic rings. The molecule has 3 rings (SSSR count). The SMILES string of the molecule is CCCC[B-]12O/N=C(Br)/C(Br)=N/O[B-](CCCC)(O/N=C(Br)/C(Br)=N/O1)O/N=C(Br)/C(Br)=N/O2.[Co+2]. The summed E-state index contributed by atoms with van der Waals surface area (Å²) in [6, 6.07) is 0. The van der Waals surface area contributed by atoms with Gasteiger partial charge in [-0.3, -0.25) is 0 Å². The van der Waals surface area contributed by atoms with Crippen LogP contribution < -0.4 is 0 Å². The van der Waals surface area contributed by atoms with Crippen molar-refractivity contribution in [2.24, 2.45) is 30.9 Å². The Morgan fingerprint density at radius 3 is 0.857 bits per heavy atom. The molecule has 21 heteroatoms. The van der Waals surface area contributed by atoms with Gasteiger partial charge in [-0.05, 0) is 95.6 Å². The van der Waals surface area contributed by atoms with Crippen LogP contribution in [0.3, 0.4) is 0 Å². The number of oxime groups is 6. The second-order valence-corrected chi connectivity index (χ2v) is 11.3. The Hall–Kier alpha value is 0.336. The molecule has 0 spiro atoms. The molecule has 0 aromatic carbocycles. The van der Waals surface area contributed by atoms with E-state index >= 15 is 0 Å². The Bertz CT molecular complexity index is 754. The first-order chi connectivity index (χ1) is 16.2. The Morgan fingerprint density at radius 1 is 0.486 bits per heavy atom. The van der Waals surface area contributed by atoms with Crippen LogP contribution >= 0.6 is 95.6 Å². The minimum Gasteiger partial charge on any atom is -0.539 e. The van der Waals surface area contributed by atoms with Crippen molar-refractivity contribution < 1.29 is 45.3 Å². The van der Waals surface area contributed by atoms with Crippen LogP contribution in [0.15, 0.2) is 30.9 Å². The molecular formula is C14H18B2Br6CoN6O6. The van der Waals surface area contributed by atoms with Crippen LogP contribution in [0.1, 0.15) is 39.5 Å². The molecule has 0 saturated heterocycles. The largest absolute Gasteiger partial charge is 2.00 e. The molecule has 12 nitrogen and oxygen atoms in total. The van der Waals surface area contributed by atoms with Gasteiger partial charge in [-0.1, -0.05) is 52.2 Å². The Kier molecular flexibility index (Phi) is 15.6. The van der Waals surface area contributed by atoms with Gasteiger partial charge in [0.15, 0.2) is 27.7 Å². The molecule has 0 unspecified atom stereocenters. The van der Waals surface area contributed by atoms with Crippen LogP contribution in [-0.4, -0.2) is 41.2 Å². The van der Waals surface area contributed by atoms with Gasteiger partial charge in [-0.2, -0.15) is 0 Å². The predicted molar refractivity (Wildman–Crippen MR) is 156 cm³/mol. The van der Waals surface area contributed by atoms with Crippen LogP contribution in [0.25, 0.3) is 0 Å². The molecule has 0 aromatic heterocycles. The predicted octanol–water partition coefficient (Wildman–Crippen LogP) is 6.84. The minimum absolute atomic E-state index is 0. The molecule has 0 N–H and O–H groups in total. The molecule has 2 bridgehead atoms. The molecule has 0 aliphatic carbocycles. The van der Waals surface area contributed by atoms with Gasteiger partial charge in [0.25, 0.3) is 0 Å². The van der Waals surface area contributed by atoms with Crippen molar-refractivity contribution in [2.45, 2.75) is 52.2 Å². The van der Waals surface area contributed by atoms with Gasteiger partial charge in [-0.25, -0.2) is 0 Å². The van der Waals surface area contributed by atoms with E-state index in [1.807, 2.05) is 13.8 Å². The summed E-state index contributed by atoms with van der Waals surface area (Å²) < 4.78 is 34.8. The summed E-state index contributed by atoms with van der Waals surface area (Å²) in [5.74, 6) is 0. The molecule has 3 aliphatic heterocycles. The topological polar surface area (TPSA) is 130 Å². The van der Waals surface area contributed by atoms with Crippen molar-refractivity contribution >= 4 is 137 Å². The molecule has 0 amide bonds. The number of hydrogen-bond acceptors (Lipinski definition) is 12. The maximum absolute atomic E-state index is 5.68. The third kappa shape index (κ3) is 10.6. The van der Waals surface area contributed by atoms with E-state index in [9.17, 15) is 0 Å². The van der Waals surface area contributed by atoms with E-state index in [4.69, 9.17) is 28.5 Å². The summed E-state index contributed by atoms with van der Waals surface area (Å²) in [6.07, 6.45) is 3.39. The zero-order chi connectivity index (χ0) is 25.2. The van der Waals surface area contributed by atoms with Gasteiger partial charge in [-0.15, -0.1) is 30.9 Å². The zero-order valence-electron chi connectivity index (χ0n) is 18.1. The molecule has 35 heavy (non-hydrogen) atoms. The van der Waals surface area contributed by atoms with Gasteiger partial charge in [0.1, 0.15) is 0 Å². The van der Waals surface area contributed by atoms with E-state index < -0.39 is 13.5 Å². The quantitative estimate of drug-likeness (QED) is 0.269. The van der Waals surface area contributed by atoms with Gasteiger partial charge in [0, 0.05) is 0 Å². The standard InChI is InChI=1S/C14H18B2Br6N6O6.Co/c1-3-5-7-15-29-23-9(17)12(20)26-32-16(8-6-4-2,33-27-13(21)10(18)24-30-15)34-28-14(22)11(19)25-31-15;/h3-8H2,1-2H3;/q-2;+2/b23-9-,24-10-,25-11-,26-12-,27-13-,28-14-;. The van der Waals surface area contributed by atoms with Crippen molar-refractivity contribution in [1.82, 2.24) is 0 Å². The molecule has 3 aliphatic rings. The average Bonchev–Trinajstić information content (AvgIpc) is 2.84. The maximum Gasteiger partial charge on any atom is 2.00 e. The normalized spacial score (nSPS) is 34.3. The second-order valence-electron chi connectivity index (χ2n) is 6.79. The monoisotopic (exact) mass is 921 g/mol. The van der Waals surface area contributed by atoms with Gasteiger partial charge in [0.05, 0.1) is 0 Å². The fourth-order valence-electron chi connectivity index (χ4n) is 2.33. The van der Waals surface area contributed by atoms with Gasteiger partial charge >= 0.3 is 30.3 Å². The van der Waals surface area contributed by atoms with E-state index in [0.717, 1.165) is 12.8 Å². The van der Waals surface area contributed by atoms with E-state index in [0.29, 0.717) is 12.8 Å². The summed E-state index contributed by atoms with van der Waals surface area (Å²) in [6.45, 7) is -1.41. The molecule has 0 saturated carbocycles. The average molecular weight is 926 g/mol. The Morgan fingerprint density at radius 2 is 0.686 bits per heavy atom. The number of fused-ring (bicyclic) bond motifs is 9. The molecule has 197 valence electrons. The van der Waals surface area contributed by atoms with Crippen molar-refractivity contribution in [2.75, 3.05) is 0 Å². The fourth-order valence-corrected chi connectivity index (χ4v) is 3.26. The van der Waals surface area contributed by atoms with E-state index in [1.54, 1.807) is 0 Å². The number of rotatable bonds is 6. The first-order valence-electron chi connectivity index (χ1n) is 9.97. The number of unbranched alkanes of at least 4 members (excludes halogenated alkanes) is 2. The van der Waals surface area contributed by atoms with Crippen LogP contribution in [-0.2, 0) is 45.3 Å². The zero-order valence-corrected chi connectivity index (χ0v) is 28.7. The van der Waals surface area contributed by atoms with E-state index in [-0.39, 0.29) is 57.1 Å². The van der Waals surface area contributed by atoms with Crippen molar-refractivity contribution in [1.29, 1.82) is 0 Å². The van der Waals surface area contributed by atoms with Crippen LogP contribution in [0.2, 0.25) is 12.6 Å². The Labute approximate surface area is 262 Å². The van der Waals surface area contributed by atoms with Crippen molar-refractivity contribution in [3.63, 3.8) is 0 Å². The number of nitrogens with zero attached hydrogens (tertiary/aromatic N) is 6. The molecule has 0 atom stereocenters. The fraction of sp³-hybridized carbons (Fsp3) is 0.571. The smallest absolute Gasteiger partial charge is 0.539 e. The first kappa shape index (κ1) is 33.4. The van der Waals surface area contributed by atoms with Crippen LogP contribution in [0.5, 0.6) is 0 Å². The first-order valence-corrected chi connectivity index (χ1v) is 14.7. The summed E-state index contributed by atoms with van der Waals surface area (Å²) in [5, 5.41) is 24.1. The van der Waals surface area contributed by atoms with Crippen LogP contribution in [0.4, 0.5) is 0 Å². The van der Waals surface area contributed by atoms with Gasteiger partial charge < -0.3 is 28.5 Å². The van der Waals surface area contributed by atoms with Gasteiger partial charge in [0.2, 0.25) is 0 Å². The van der Waals surface area contributed by atoms with Crippen LogP contribution in [0, 0.1) is 0 Å². The summed E-state index contributed by atoms with van der Waals surface area (Å²) in [4.78, 5) is 0. The third-order valence-electron chi connectivity index (χ3n) is 4.09. The summed E-state index contributed by atoms with van der Waals surface area (Å²) in [5.41, 5.74) is 0. The molecule has 3 heterocycles. The maximum atomic E-state index is 5.68. The summed E-state index contributed by atoms with van der Waals surface area (Å²) in [7, 11) is 0. The van der Waals surface area contributed by atoms with Crippen molar-refractivity contribution in [3.8, 4) is 0 Å². The second kappa shape index (κ2) is 16.3. The minimum atomic E-state index is -2.70. The summed E-state index contributed by atoms with van der Waals surface area (Å²) >= 11 is 19.6. The Balaban J connectivity index is 0.00000612. The molecular weight excluding hydrogens is 908 g/mol. The molecule has 0 fully saturated rings. The third-order valence-corrected chi connectivity index (χ3v) is 8.81. The van der Waals surface area contributed by atoms with E-state index in [2.05, 4.69) is 127 Å². The number of hydrogen-bond donors (Lipinski definition) is 0. The molecule has 1 radical (unpaired) electrons. The van der Waals surface area contributed by atoms with E-state index in [1.165, 1.54) is 0 Å². The van der Waals surface area contributed by atoms with Crippen molar-refractivity contribution in [3.05, 3.63) is 0 Å². The number of halogens is 6.